The first-order chi connectivity index (χ1) is 24.1. The molecule has 10 heteroatoms. The van der Waals surface area contributed by atoms with Crippen LogP contribution in [0.4, 0.5) is 10.1 Å². The molecule has 0 bridgehead atoms. The predicted octanol–water partition coefficient (Wildman–Crippen LogP) is 7.33. The number of imide groups is 2. The lowest BCUT2D eigenvalue weighted by atomic mass is 9.51. The maximum Gasteiger partial charge on any atom is 0.241 e. The molecule has 258 valence electrons. The van der Waals surface area contributed by atoms with Gasteiger partial charge < -0.3 is 9.84 Å². The van der Waals surface area contributed by atoms with Gasteiger partial charge in [-0.1, -0.05) is 78.9 Å². The second-order valence-electron chi connectivity index (χ2n) is 14.6. The molecule has 3 aliphatic carbocycles. The number of carbonyl (C=O) groups excluding carboxylic acids is 4. The van der Waals surface area contributed by atoms with Crippen LogP contribution in [0.5, 0.6) is 11.5 Å². The monoisotopic (exact) mass is 696 g/mol. The largest absolute Gasteiger partial charge is 0.508 e. The smallest absolute Gasteiger partial charge is 0.241 e. The maximum absolute atomic E-state index is 14.7. The molecular weight excluding hydrogens is 659 g/mol. The van der Waals surface area contributed by atoms with Crippen molar-refractivity contribution in [1.82, 2.24) is 4.90 Å². The molecule has 50 heavy (non-hydrogen) atoms. The van der Waals surface area contributed by atoms with Crippen LogP contribution in [0.2, 0.25) is 5.02 Å². The summed E-state index contributed by atoms with van der Waals surface area (Å²) in [4.78, 5) is 59.9. The van der Waals surface area contributed by atoms with Crippen molar-refractivity contribution in [2.24, 2.45) is 29.1 Å². The van der Waals surface area contributed by atoms with Gasteiger partial charge in [-0.25, -0.2) is 9.29 Å². The van der Waals surface area contributed by atoms with Crippen LogP contribution in [0.1, 0.15) is 68.9 Å². The minimum absolute atomic E-state index is 0.106. The zero-order valence-corrected chi connectivity index (χ0v) is 28.4. The van der Waals surface area contributed by atoms with Crippen LogP contribution in [0.15, 0.2) is 78.4 Å². The van der Waals surface area contributed by atoms with Gasteiger partial charge in [0.15, 0.2) is 0 Å². The molecule has 4 amide bonds. The number of aromatic hydroxyl groups is 1. The summed E-state index contributed by atoms with van der Waals surface area (Å²) < 4.78 is 20.2. The standard InChI is InChI=1S/C40H38ClFN2O6/c1-40-30(37(47)44(39(40)49)24-12-17-32(42)31(41)18-24)20-29-26(15-16-28-34(29)38(48)43(36(28)46)23-10-6-3-7-11-23)35(40)27-14-13-25(19-33(27)45)50-21-22-8-4-2-5-9-22/h2,4-5,8-9,12-15,17-19,23,28-30,34-35,45H,3,6-7,10-11,16,20-21H2,1H3. The second-order valence-corrected chi connectivity index (χ2v) is 15.0. The molecule has 0 aromatic heterocycles. The van der Waals surface area contributed by atoms with Crippen molar-refractivity contribution in [2.45, 2.75) is 70.4 Å². The summed E-state index contributed by atoms with van der Waals surface area (Å²) in [7, 11) is 0. The van der Waals surface area contributed by atoms with E-state index in [4.69, 9.17) is 16.3 Å². The number of nitrogens with zero attached hydrogens (tertiary/aromatic N) is 2. The highest BCUT2D eigenvalue weighted by molar-refractivity contribution is 6.31. The minimum Gasteiger partial charge on any atom is -0.508 e. The lowest BCUT2D eigenvalue weighted by Crippen LogP contribution is -2.49. The Balaban J connectivity index is 1.21. The van der Waals surface area contributed by atoms with Crippen LogP contribution in [-0.4, -0.2) is 39.7 Å². The van der Waals surface area contributed by atoms with Crippen molar-refractivity contribution < 1.29 is 33.4 Å². The van der Waals surface area contributed by atoms with E-state index in [1.54, 1.807) is 19.1 Å². The van der Waals surface area contributed by atoms with Crippen LogP contribution >= 0.6 is 11.6 Å². The van der Waals surface area contributed by atoms with Gasteiger partial charge in [0.05, 0.1) is 33.9 Å². The van der Waals surface area contributed by atoms with Crippen LogP contribution in [0.25, 0.3) is 0 Å². The molecule has 3 aromatic rings. The van der Waals surface area contributed by atoms with E-state index >= 15 is 0 Å². The Hall–Kier alpha value is -4.50. The third-order valence-electron chi connectivity index (χ3n) is 12.0. The van der Waals surface area contributed by atoms with Gasteiger partial charge in [0, 0.05) is 23.6 Å². The highest BCUT2D eigenvalue weighted by atomic mass is 35.5. The van der Waals surface area contributed by atoms with E-state index in [0.29, 0.717) is 17.7 Å². The summed E-state index contributed by atoms with van der Waals surface area (Å²) in [6.07, 6.45) is 7.10. The lowest BCUT2D eigenvalue weighted by Gasteiger charge is -2.49. The quantitative estimate of drug-likeness (QED) is 0.214. The Bertz CT molecular complexity index is 1940. The fraction of sp³-hybridized carbons (Fsp3) is 0.400. The molecule has 2 aliphatic heterocycles. The van der Waals surface area contributed by atoms with Crippen molar-refractivity contribution in [2.75, 3.05) is 4.90 Å². The Morgan fingerprint density at radius 3 is 2.40 bits per heavy atom. The van der Waals surface area contributed by atoms with Crippen molar-refractivity contribution >= 4 is 40.9 Å². The van der Waals surface area contributed by atoms with Crippen molar-refractivity contribution in [1.29, 1.82) is 0 Å². The van der Waals surface area contributed by atoms with Crippen LogP contribution in [0, 0.1) is 34.9 Å². The van der Waals surface area contributed by atoms with Gasteiger partial charge >= 0.3 is 0 Å². The summed E-state index contributed by atoms with van der Waals surface area (Å²) >= 11 is 6.12. The summed E-state index contributed by atoms with van der Waals surface area (Å²) in [6, 6.07) is 18.2. The third kappa shape index (κ3) is 4.99. The number of hydrogen-bond acceptors (Lipinski definition) is 6. The number of allylic oxidation sites excluding steroid dienone is 2. The molecule has 2 saturated carbocycles. The van der Waals surface area contributed by atoms with Gasteiger partial charge in [0.1, 0.15) is 23.9 Å². The van der Waals surface area contributed by atoms with Gasteiger partial charge in [-0.3, -0.25) is 24.1 Å². The Morgan fingerprint density at radius 2 is 1.68 bits per heavy atom. The molecule has 4 fully saturated rings. The minimum atomic E-state index is -1.37. The lowest BCUT2D eigenvalue weighted by molar-refractivity contribution is -0.144. The van der Waals surface area contributed by atoms with Gasteiger partial charge in [-0.2, -0.15) is 0 Å². The molecule has 1 N–H and O–H groups in total. The summed E-state index contributed by atoms with van der Waals surface area (Å²) in [6.45, 7) is 2.03. The highest BCUT2D eigenvalue weighted by Gasteiger charge is 2.68. The number of phenolic OH excluding ortho intramolecular Hbond substituents is 1. The Labute approximate surface area is 294 Å². The number of carbonyl (C=O) groups is 4. The number of anilines is 1. The number of phenols is 1. The third-order valence-corrected chi connectivity index (χ3v) is 12.3. The van der Waals surface area contributed by atoms with Crippen LogP contribution in [0.3, 0.4) is 0 Å². The fourth-order valence-corrected chi connectivity index (χ4v) is 9.73. The molecule has 0 spiro atoms. The van der Waals surface area contributed by atoms with Gasteiger partial charge in [-0.05, 0) is 68.4 Å². The SMILES string of the molecule is CC12C(=O)N(c3ccc(F)c(Cl)c3)C(=O)C1CC1C(=CCC3C(=O)N(C4CCCCC4)C(=O)C31)C2c1ccc(OCc2ccccc2)cc1O. The number of ether oxygens (including phenoxy) is 1. The first kappa shape index (κ1) is 32.7. The Morgan fingerprint density at radius 1 is 0.920 bits per heavy atom. The van der Waals surface area contributed by atoms with Crippen LogP contribution < -0.4 is 9.64 Å². The van der Waals surface area contributed by atoms with Gasteiger partial charge in [0.2, 0.25) is 23.6 Å². The van der Waals surface area contributed by atoms with E-state index in [1.807, 2.05) is 36.4 Å². The first-order valence-electron chi connectivity index (χ1n) is 17.5. The molecule has 6 atom stereocenters. The number of likely N-dealkylation sites (tertiary alicyclic amines) is 1. The van der Waals surface area contributed by atoms with E-state index < -0.39 is 52.6 Å². The number of fused-ring (bicyclic) bond motifs is 4. The molecular formula is C40H38ClFN2O6. The molecule has 2 saturated heterocycles. The summed E-state index contributed by atoms with van der Waals surface area (Å²) in [5.41, 5.74) is 0.953. The maximum atomic E-state index is 14.7. The number of benzene rings is 3. The van der Waals surface area contributed by atoms with E-state index in [0.717, 1.165) is 54.2 Å². The normalized spacial score (nSPS) is 29.5. The number of hydrogen-bond donors (Lipinski definition) is 1. The van der Waals surface area contributed by atoms with E-state index in [9.17, 15) is 28.7 Å². The second kappa shape index (κ2) is 12.4. The van der Waals surface area contributed by atoms with E-state index in [2.05, 4.69) is 0 Å². The zero-order chi connectivity index (χ0) is 34.9. The van der Waals surface area contributed by atoms with E-state index in [1.165, 1.54) is 23.1 Å². The molecule has 5 aliphatic rings. The van der Waals surface area contributed by atoms with Crippen molar-refractivity contribution in [3.63, 3.8) is 0 Å². The average Bonchev–Trinajstić information content (AvgIpc) is 3.49. The number of amides is 4. The molecule has 3 aromatic carbocycles. The van der Waals surface area contributed by atoms with Crippen molar-refractivity contribution in [3.05, 3.63) is 100 Å². The highest BCUT2D eigenvalue weighted by Crippen LogP contribution is 2.64. The number of rotatable bonds is 6. The molecule has 0 radical (unpaired) electrons. The average molecular weight is 697 g/mol. The Kier molecular flexibility index (Phi) is 8.09. The fourth-order valence-electron chi connectivity index (χ4n) is 9.55. The predicted molar refractivity (Wildman–Crippen MR) is 184 cm³/mol. The first-order valence-corrected chi connectivity index (χ1v) is 17.9. The molecule has 8 rings (SSSR count). The molecule has 8 nitrogen and oxygen atoms in total. The topological polar surface area (TPSA) is 104 Å². The number of halogens is 2. The van der Waals surface area contributed by atoms with Crippen molar-refractivity contribution in [3.8, 4) is 11.5 Å². The zero-order valence-electron chi connectivity index (χ0n) is 27.7. The summed E-state index contributed by atoms with van der Waals surface area (Å²) in [5, 5.41) is 11.4. The van der Waals surface area contributed by atoms with E-state index in [-0.39, 0.29) is 47.3 Å². The van der Waals surface area contributed by atoms with Crippen LogP contribution in [-0.2, 0) is 25.8 Å². The molecule has 6 unspecified atom stereocenters. The van der Waals surface area contributed by atoms with Gasteiger partial charge in [-0.15, -0.1) is 0 Å². The summed E-state index contributed by atoms with van der Waals surface area (Å²) in [5.74, 6) is -5.04. The molecule has 2 heterocycles. The van der Waals surface area contributed by atoms with Gasteiger partial charge in [0.25, 0.3) is 0 Å².